The van der Waals surface area contributed by atoms with Gasteiger partial charge in [-0.15, -0.1) is 0 Å². The van der Waals surface area contributed by atoms with E-state index in [9.17, 15) is 29.0 Å². The molecule has 8 nitrogen and oxygen atoms in total. The molecule has 0 aliphatic carbocycles. The zero-order valence-corrected chi connectivity index (χ0v) is 16.2. The number of hydrogen-bond donors (Lipinski definition) is 4. The molecule has 2 aromatic rings. The SMILES string of the molecule is C[C@H](O)CNC(=O)c1[nH]c(=O)c(O)c2c1CCN(Cc1ccc(F)c(Cl)c1)C2=O. The molecule has 1 atom stereocenters. The lowest BCUT2D eigenvalue weighted by atomic mass is 9.96. The molecule has 0 radical (unpaired) electrons. The van der Waals surface area contributed by atoms with Crippen LogP contribution in [0.5, 0.6) is 5.75 Å². The lowest BCUT2D eigenvalue weighted by Gasteiger charge is -2.30. The number of carbonyl (C=O) groups is 2. The zero-order chi connectivity index (χ0) is 21.3. The molecule has 2 heterocycles. The van der Waals surface area contributed by atoms with E-state index in [1.165, 1.54) is 30.0 Å². The Hall–Kier alpha value is -2.91. The summed E-state index contributed by atoms with van der Waals surface area (Å²) >= 11 is 5.78. The summed E-state index contributed by atoms with van der Waals surface area (Å²) in [5.74, 6) is -2.63. The van der Waals surface area contributed by atoms with E-state index in [4.69, 9.17) is 11.6 Å². The molecule has 1 aliphatic heterocycles. The highest BCUT2D eigenvalue weighted by atomic mass is 35.5. The zero-order valence-electron chi connectivity index (χ0n) is 15.5. The van der Waals surface area contributed by atoms with Crippen LogP contribution in [0.4, 0.5) is 4.39 Å². The fraction of sp³-hybridized carbons (Fsp3) is 0.316. The van der Waals surface area contributed by atoms with Gasteiger partial charge in [-0.1, -0.05) is 17.7 Å². The van der Waals surface area contributed by atoms with Crippen LogP contribution in [0, 0.1) is 5.82 Å². The third-order valence-electron chi connectivity index (χ3n) is 4.57. The second kappa shape index (κ2) is 8.22. The number of hydrogen-bond acceptors (Lipinski definition) is 5. The van der Waals surface area contributed by atoms with Gasteiger partial charge in [0.1, 0.15) is 11.5 Å². The van der Waals surface area contributed by atoms with Gasteiger partial charge in [0.15, 0.2) is 5.75 Å². The number of rotatable bonds is 5. The Balaban J connectivity index is 1.93. The van der Waals surface area contributed by atoms with Crippen molar-refractivity contribution in [3.05, 3.63) is 61.8 Å². The highest BCUT2D eigenvalue weighted by Gasteiger charge is 2.33. The molecule has 4 N–H and O–H groups in total. The molecule has 0 bridgehead atoms. The number of carbonyl (C=O) groups excluding carboxylic acids is 2. The van der Waals surface area contributed by atoms with E-state index >= 15 is 0 Å². The van der Waals surface area contributed by atoms with Crippen molar-refractivity contribution in [2.75, 3.05) is 13.1 Å². The number of halogens is 2. The number of aromatic amines is 1. The largest absolute Gasteiger partial charge is 0.502 e. The van der Waals surface area contributed by atoms with Crippen LogP contribution in [0.15, 0.2) is 23.0 Å². The van der Waals surface area contributed by atoms with Crippen LogP contribution in [0.1, 0.15) is 38.9 Å². The molecule has 29 heavy (non-hydrogen) atoms. The van der Waals surface area contributed by atoms with Crippen molar-refractivity contribution in [3.8, 4) is 5.75 Å². The number of pyridine rings is 1. The molecule has 1 aliphatic rings. The molecule has 154 valence electrons. The maximum Gasteiger partial charge on any atom is 0.291 e. The second-order valence-electron chi connectivity index (χ2n) is 6.82. The number of H-pyrrole nitrogens is 1. The van der Waals surface area contributed by atoms with E-state index < -0.39 is 35.0 Å². The summed E-state index contributed by atoms with van der Waals surface area (Å²) in [5, 5.41) is 21.9. The molecule has 10 heteroatoms. The number of amides is 2. The number of fused-ring (bicyclic) bond motifs is 1. The van der Waals surface area contributed by atoms with E-state index in [0.717, 1.165) is 0 Å². The number of aliphatic hydroxyl groups excluding tert-OH is 1. The van der Waals surface area contributed by atoms with Crippen molar-refractivity contribution in [2.24, 2.45) is 0 Å². The van der Waals surface area contributed by atoms with Crippen LogP contribution < -0.4 is 10.9 Å². The highest BCUT2D eigenvalue weighted by molar-refractivity contribution is 6.30. The van der Waals surface area contributed by atoms with Crippen molar-refractivity contribution in [1.29, 1.82) is 0 Å². The number of nitrogens with one attached hydrogen (secondary N) is 2. The lowest BCUT2D eigenvalue weighted by Crippen LogP contribution is -2.41. The highest BCUT2D eigenvalue weighted by Crippen LogP contribution is 2.28. The van der Waals surface area contributed by atoms with E-state index in [1.807, 2.05) is 0 Å². The molecule has 3 rings (SSSR count). The van der Waals surface area contributed by atoms with Gasteiger partial charge in [0.25, 0.3) is 17.4 Å². The van der Waals surface area contributed by atoms with Crippen LogP contribution in [0.2, 0.25) is 5.02 Å². The summed E-state index contributed by atoms with van der Waals surface area (Å²) in [6, 6.07) is 4.07. The summed E-state index contributed by atoms with van der Waals surface area (Å²) in [6.45, 7) is 1.75. The average molecular weight is 424 g/mol. The van der Waals surface area contributed by atoms with Crippen LogP contribution >= 0.6 is 11.6 Å². The van der Waals surface area contributed by atoms with Crippen LogP contribution in [-0.2, 0) is 13.0 Å². The minimum absolute atomic E-state index is 0.0398. The summed E-state index contributed by atoms with van der Waals surface area (Å²) < 4.78 is 13.3. The Morgan fingerprint density at radius 3 is 2.79 bits per heavy atom. The summed E-state index contributed by atoms with van der Waals surface area (Å²) in [4.78, 5) is 41.1. The van der Waals surface area contributed by atoms with Gasteiger partial charge in [0, 0.05) is 19.6 Å². The van der Waals surface area contributed by atoms with Gasteiger partial charge in [-0.05, 0) is 36.6 Å². The Kier molecular flexibility index (Phi) is 5.90. The molecule has 0 saturated carbocycles. The minimum Gasteiger partial charge on any atom is -0.502 e. The first-order chi connectivity index (χ1) is 13.7. The third kappa shape index (κ3) is 4.25. The number of aromatic hydroxyl groups is 1. The van der Waals surface area contributed by atoms with Crippen molar-refractivity contribution < 1.29 is 24.2 Å². The fourth-order valence-electron chi connectivity index (χ4n) is 3.15. The Morgan fingerprint density at radius 2 is 2.14 bits per heavy atom. The summed E-state index contributed by atoms with van der Waals surface area (Å²) in [5.41, 5.74) is -0.529. The molecular formula is C19H19ClFN3O5. The van der Waals surface area contributed by atoms with Gasteiger partial charge < -0.3 is 25.4 Å². The average Bonchev–Trinajstić information content (AvgIpc) is 2.67. The third-order valence-corrected chi connectivity index (χ3v) is 4.86. The lowest BCUT2D eigenvalue weighted by molar-refractivity contribution is 0.0721. The molecule has 0 saturated heterocycles. The van der Waals surface area contributed by atoms with Crippen molar-refractivity contribution in [3.63, 3.8) is 0 Å². The fourth-order valence-corrected chi connectivity index (χ4v) is 3.35. The van der Waals surface area contributed by atoms with E-state index in [2.05, 4.69) is 10.3 Å². The molecule has 1 aromatic heterocycles. The molecule has 0 fully saturated rings. The van der Waals surface area contributed by atoms with Crippen LogP contribution in [-0.4, -0.2) is 51.1 Å². The van der Waals surface area contributed by atoms with Crippen molar-refractivity contribution >= 4 is 23.4 Å². The molecular weight excluding hydrogens is 405 g/mol. The molecule has 2 amide bonds. The van der Waals surface area contributed by atoms with Crippen LogP contribution in [0.25, 0.3) is 0 Å². The predicted octanol–water partition coefficient (Wildman–Crippen LogP) is 1.18. The standard InChI is InChI=1S/C19H19ClFN3O5/c1-9(25)7-22-17(27)15-11-4-5-24(8-10-2-3-13(21)12(20)6-10)19(29)14(11)16(26)18(28)23-15/h2-3,6,9,25-26H,4-5,7-8H2,1H3,(H,22,27)(H,23,28)/t9-/m0/s1. The maximum atomic E-state index is 13.3. The van der Waals surface area contributed by atoms with E-state index in [1.54, 1.807) is 0 Å². The first-order valence-corrected chi connectivity index (χ1v) is 9.24. The summed E-state index contributed by atoms with van der Waals surface area (Å²) in [6.07, 6.45) is -0.587. The van der Waals surface area contributed by atoms with Gasteiger partial charge in [-0.25, -0.2) is 4.39 Å². The normalized spacial score (nSPS) is 14.5. The van der Waals surface area contributed by atoms with Crippen LogP contribution in [0.3, 0.4) is 0 Å². The maximum absolute atomic E-state index is 13.3. The Labute approximate surface area is 169 Å². The topological polar surface area (TPSA) is 123 Å². The van der Waals surface area contributed by atoms with Crippen molar-refractivity contribution in [2.45, 2.75) is 26.0 Å². The predicted molar refractivity (Wildman–Crippen MR) is 103 cm³/mol. The number of aliphatic hydroxyl groups is 1. The van der Waals surface area contributed by atoms with Gasteiger partial charge in [0.05, 0.1) is 16.7 Å². The monoisotopic (exact) mass is 423 g/mol. The Morgan fingerprint density at radius 1 is 1.41 bits per heavy atom. The van der Waals surface area contributed by atoms with E-state index in [-0.39, 0.29) is 47.9 Å². The molecule has 1 aromatic carbocycles. The molecule has 0 unspecified atom stereocenters. The number of benzene rings is 1. The van der Waals surface area contributed by atoms with Crippen molar-refractivity contribution in [1.82, 2.24) is 15.2 Å². The van der Waals surface area contributed by atoms with Gasteiger partial charge >= 0.3 is 0 Å². The smallest absolute Gasteiger partial charge is 0.291 e. The minimum atomic E-state index is -0.967. The Bertz CT molecular complexity index is 1040. The number of aromatic nitrogens is 1. The summed E-state index contributed by atoms with van der Waals surface area (Å²) in [7, 11) is 0. The number of nitrogens with zero attached hydrogens (tertiary/aromatic N) is 1. The van der Waals surface area contributed by atoms with Gasteiger partial charge in [-0.3, -0.25) is 14.4 Å². The first kappa shape index (κ1) is 20.8. The van der Waals surface area contributed by atoms with Gasteiger partial charge in [0.2, 0.25) is 0 Å². The second-order valence-corrected chi connectivity index (χ2v) is 7.22. The van der Waals surface area contributed by atoms with Gasteiger partial charge in [-0.2, -0.15) is 0 Å². The van der Waals surface area contributed by atoms with E-state index in [0.29, 0.717) is 5.56 Å². The quantitative estimate of drug-likeness (QED) is 0.575. The molecule has 0 spiro atoms. The first-order valence-electron chi connectivity index (χ1n) is 8.86.